The van der Waals surface area contributed by atoms with Crippen molar-refractivity contribution in [2.75, 3.05) is 28.2 Å². The Hall–Kier alpha value is -3.50. The number of fused-ring (bicyclic) bond motifs is 1. The number of benzene rings is 3. The first-order valence-corrected chi connectivity index (χ1v) is 12.4. The molecule has 170 valence electrons. The van der Waals surface area contributed by atoms with E-state index in [9.17, 15) is 18.0 Å². The second-order valence-corrected chi connectivity index (χ2v) is 9.96. The lowest BCUT2D eigenvalue weighted by Crippen LogP contribution is -2.20. The van der Waals surface area contributed by atoms with Crippen LogP contribution in [0.2, 0.25) is 0 Å². The van der Waals surface area contributed by atoms with E-state index in [4.69, 9.17) is 4.74 Å². The number of amides is 2. The molecule has 4 rings (SSSR count). The molecule has 0 bridgehead atoms. The number of thioether (sulfide) groups is 1. The molecule has 0 aromatic heterocycles. The van der Waals surface area contributed by atoms with Crippen molar-refractivity contribution in [2.45, 2.75) is 16.7 Å². The quantitative estimate of drug-likeness (QED) is 0.486. The Bertz CT molecular complexity index is 1360. The normalized spacial score (nSPS) is 13.0. The van der Waals surface area contributed by atoms with Crippen LogP contribution >= 0.6 is 11.8 Å². The first kappa shape index (κ1) is 22.7. The van der Waals surface area contributed by atoms with E-state index in [-0.39, 0.29) is 10.8 Å². The molecule has 0 aliphatic carbocycles. The summed E-state index contributed by atoms with van der Waals surface area (Å²) in [7, 11) is -2.49. The van der Waals surface area contributed by atoms with Gasteiger partial charge in [0.25, 0.3) is 15.9 Å². The fourth-order valence-corrected chi connectivity index (χ4v) is 5.45. The van der Waals surface area contributed by atoms with Crippen LogP contribution in [0.1, 0.15) is 15.9 Å². The van der Waals surface area contributed by atoms with E-state index in [0.29, 0.717) is 39.7 Å². The summed E-state index contributed by atoms with van der Waals surface area (Å²) in [5.74, 6) is 0.177. The number of rotatable bonds is 6. The first-order chi connectivity index (χ1) is 15.8. The molecular formula is C23H21N3O5S2. The topological polar surface area (TPSA) is 114 Å². The molecule has 1 heterocycles. The number of sulfonamides is 1. The Morgan fingerprint density at radius 3 is 2.67 bits per heavy atom. The van der Waals surface area contributed by atoms with Gasteiger partial charge in [-0.1, -0.05) is 18.2 Å². The Labute approximate surface area is 195 Å². The zero-order valence-corrected chi connectivity index (χ0v) is 19.5. The molecule has 3 aromatic rings. The largest absolute Gasteiger partial charge is 0.495 e. The zero-order valence-electron chi connectivity index (χ0n) is 17.8. The fraction of sp³-hybridized carbons (Fsp3) is 0.130. The molecule has 2 amide bonds. The number of methoxy groups -OCH3 is 1. The van der Waals surface area contributed by atoms with Gasteiger partial charge in [-0.2, -0.15) is 0 Å². The number of carbonyl (C=O) groups excluding carboxylic acids is 2. The number of carbonyl (C=O) groups is 2. The monoisotopic (exact) mass is 483 g/mol. The van der Waals surface area contributed by atoms with Gasteiger partial charge in [0, 0.05) is 16.1 Å². The number of nitrogens with one attached hydrogen (secondary N) is 3. The van der Waals surface area contributed by atoms with E-state index in [0.717, 1.165) is 4.90 Å². The summed E-state index contributed by atoms with van der Waals surface area (Å²) in [6.45, 7) is 1.67. The second kappa shape index (κ2) is 9.16. The summed E-state index contributed by atoms with van der Waals surface area (Å²) in [5.41, 5.74) is 2.07. The van der Waals surface area contributed by atoms with Crippen molar-refractivity contribution in [1.29, 1.82) is 0 Å². The SMILES string of the molecule is COc1ccccc1NS(=O)(=O)c1cc(NC(=O)c2ccc3c(c2)NC(=O)CS3)ccc1C. The lowest BCUT2D eigenvalue weighted by atomic mass is 10.1. The summed E-state index contributed by atoms with van der Waals surface area (Å²) >= 11 is 1.40. The molecule has 0 spiro atoms. The van der Waals surface area contributed by atoms with Crippen LogP contribution in [0.15, 0.2) is 70.5 Å². The molecule has 0 saturated carbocycles. The van der Waals surface area contributed by atoms with Crippen molar-refractivity contribution in [2.24, 2.45) is 0 Å². The van der Waals surface area contributed by atoms with Crippen molar-refractivity contribution < 1.29 is 22.7 Å². The summed E-state index contributed by atoms with van der Waals surface area (Å²) in [4.78, 5) is 25.3. The Kier molecular flexibility index (Phi) is 6.30. The number of anilines is 3. The van der Waals surface area contributed by atoms with Crippen LogP contribution in [-0.2, 0) is 14.8 Å². The standard InChI is InChI=1S/C23H21N3O5S2/c1-14-7-9-16(12-21(14)33(29,30)26-17-5-3-4-6-19(17)31-2)24-23(28)15-8-10-20-18(11-15)25-22(27)13-32-20/h3-12,26H,13H2,1-2H3,(H,24,28)(H,25,27). The van der Waals surface area contributed by atoms with E-state index in [2.05, 4.69) is 15.4 Å². The van der Waals surface area contributed by atoms with Gasteiger partial charge in [0.15, 0.2) is 0 Å². The molecule has 3 aromatic carbocycles. The van der Waals surface area contributed by atoms with Gasteiger partial charge in [-0.3, -0.25) is 14.3 Å². The van der Waals surface area contributed by atoms with Crippen molar-refractivity contribution >= 4 is 50.7 Å². The molecule has 0 fully saturated rings. The van der Waals surface area contributed by atoms with Crippen LogP contribution in [0.5, 0.6) is 5.75 Å². The van der Waals surface area contributed by atoms with Gasteiger partial charge in [0.05, 0.1) is 29.1 Å². The predicted octanol–water partition coefficient (Wildman–Crippen LogP) is 4.10. The average molecular weight is 484 g/mol. The molecular weight excluding hydrogens is 462 g/mol. The second-order valence-electron chi connectivity index (χ2n) is 7.29. The Morgan fingerprint density at radius 2 is 1.88 bits per heavy atom. The minimum absolute atomic E-state index is 0.0281. The van der Waals surface area contributed by atoms with E-state index in [1.54, 1.807) is 61.5 Å². The molecule has 0 saturated heterocycles. The molecule has 0 atom stereocenters. The van der Waals surface area contributed by atoms with Crippen molar-refractivity contribution in [3.8, 4) is 5.75 Å². The molecule has 0 unspecified atom stereocenters. The van der Waals surface area contributed by atoms with Gasteiger partial charge in [-0.05, 0) is 55.0 Å². The van der Waals surface area contributed by atoms with Gasteiger partial charge in [0.1, 0.15) is 5.75 Å². The van der Waals surface area contributed by atoms with Gasteiger partial charge in [-0.15, -0.1) is 11.8 Å². The summed E-state index contributed by atoms with van der Waals surface area (Å²) < 4.78 is 33.9. The van der Waals surface area contributed by atoms with Crippen LogP contribution in [0.25, 0.3) is 0 Å². The van der Waals surface area contributed by atoms with Gasteiger partial charge < -0.3 is 15.4 Å². The van der Waals surface area contributed by atoms with Crippen LogP contribution in [-0.4, -0.2) is 33.1 Å². The molecule has 8 nitrogen and oxygen atoms in total. The molecule has 10 heteroatoms. The highest BCUT2D eigenvalue weighted by molar-refractivity contribution is 8.00. The van der Waals surface area contributed by atoms with Crippen molar-refractivity contribution in [3.63, 3.8) is 0 Å². The van der Waals surface area contributed by atoms with Crippen LogP contribution in [0.3, 0.4) is 0 Å². The van der Waals surface area contributed by atoms with Gasteiger partial charge in [0.2, 0.25) is 5.91 Å². The van der Waals surface area contributed by atoms with Crippen LogP contribution in [0, 0.1) is 6.92 Å². The number of hydrogen-bond acceptors (Lipinski definition) is 6. The number of aryl methyl sites for hydroxylation is 1. The zero-order chi connectivity index (χ0) is 23.6. The third kappa shape index (κ3) is 4.96. The maximum Gasteiger partial charge on any atom is 0.262 e. The summed E-state index contributed by atoms with van der Waals surface area (Å²) in [5, 5.41) is 5.48. The fourth-order valence-electron chi connectivity index (χ4n) is 3.32. The maximum absolute atomic E-state index is 13.1. The van der Waals surface area contributed by atoms with Gasteiger partial charge >= 0.3 is 0 Å². The molecule has 0 radical (unpaired) electrons. The first-order valence-electron chi connectivity index (χ1n) is 9.91. The Morgan fingerprint density at radius 1 is 1.09 bits per heavy atom. The Balaban J connectivity index is 1.58. The van der Waals surface area contributed by atoms with E-state index in [1.165, 1.54) is 24.9 Å². The third-order valence-corrected chi connectivity index (χ3v) is 7.54. The molecule has 1 aliphatic rings. The average Bonchev–Trinajstić information content (AvgIpc) is 2.79. The van der Waals surface area contributed by atoms with Gasteiger partial charge in [-0.25, -0.2) is 8.42 Å². The van der Waals surface area contributed by atoms with Crippen LogP contribution in [0.4, 0.5) is 17.1 Å². The molecule has 3 N–H and O–H groups in total. The summed E-state index contributed by atoms with van der Waals surface area (Å²) in [6, 6.07) is 16.4. The number of ether oxygens (including phenoxy) is 1. The molecule has 33 heavy (non-hydrogen) atoms. The highest BCUT2D eigenvalue weighted by atomic mass is 32.2. The maximum atomic E-state index is 13.1. The van der Waals surface area contributed by atoms with Crippen LogP contribution < -0.4 is 20.1 Å². The lowest BCUT2D eigenvalue weighted by molar-refractivity contribution is -0.113. The number of hydrogen-bond donors (Lipinski definition) is 3. The highest BCUT2D eigenvalue weighted by Gasteiger charge is 2.21. The number of para-hydroxylation sites is 2. The smallest absolute Gasteiger partial charge is 0.262 e. The van der Waals surface area contributed by atoms with E-state index >= 15 is 0 Å². The van der Waals surface area contributed by atoms with E-state index in [1.807, 2.05) is 0 Å². The van der Waals surface area contributed by atoms with Crippen molar-refractivity contribution in [3.05, 3.63) is 71.8 Å². The minimum Gasteiger partial charge on any atom is -0.495 e. The third-order valence-electron chi connectivity index (χ3n) is 4.96. The highest BCUT2D eigenvalue weighted by Crippen LogP contribution is 2.32. The predicted molar refractivity (Wildman–Crippen MR) is 129 cm³/mol. The molecule has 1 aliphatic heterocycles. The minimum atomic E-state index is -3.95. The lowest BCUT2D eigenvalue weighted by Gasteiger charge is -2.17. The summed E-state index contributed by atoms with van der Waals surface area (Å²) in [6.07, 6.45) is 0. The van der Waals surface area contributed by atoms with E-state index < -0.39 is 15.9 Å². The van der Waals surface area contributed by atoms with Crippen molar-refractivity contribution in [1.82, 2.24) is 0 Å².